The molecule has 9 nitrogen and oxygen atoms in total. The highest BCUT2D eigenvalue weighted by Gasteiger charge is 2.36. The minimum absolute atomic E-state index is 0.00813. The molecule has 3 aromatic rings. The van der Waals surface area contributed by atoms with E-state index in [0.29, 0.717) is 4.57 Å². The van der Waals surface area contributed by atoms with Crippen LogP contribution in [-0.2, 0) is 29.6 Å². The number of alkyl halides is 3. The summed E-state index contributed by atoms with van der Waals surface area (Å²) in [5.41, 5.74) is -3.87. The second kappa shape index (κ2) is 8.43. The van der Waals surface area contributed by atoms with E-state index in [-0.39, 0.29) is 45.5 Å². The van der Waals surface area contributed by atoms with Gasteiger partial charge in [0.1, 0.15) is 33.6 Å². The van der Waals surface area contributed by atoms with E-state index in [1.165, 1.54) is 51.6 Å². The molecule has 0 radical (unpaired) electrons. The van der Waals surface area contributed by atoms with Crippen molar-refractivity contribution in [1.29, 1.82) is 5.26 Å². The fraction of sp³-hybridized carbons (Fsp3) is 0.429. The van der Waals surface area contributed by atoms with Crippen molar-refractivity contribution in [3.63, 3.8) is 0 Å². The Balaban J connectivity index is 2.35. The number of pyridine rings is 2. The number of ether oxygens (including phenoxy) is 1. The summed E-state index contributed by atoms with van der Waals surface area (Å²) in [5.74, 6) is -0.404. The molecule has 0 N–H and O–H groups in total. The van der Waals surface area contributed by atoms with Gasteiger partial charge in [0, 0.05) is 19.7 Å². The minimum atomic E-state index is -4.79. The molecule has 0 bridgehead atoms. The highest BCUT2D eigenvalue weighted by molar-refractivity contribution is 7.91. The van der Waals surface area contributed by atoms with Crippen LogP contribution in [0.1, 0.15) is 33.4 Å². The van der Waals surface area contributed by atoms with Crippen molar-refractivity contribution >= 4 is 20.9 Å². The van der Waals surface area contributed by atoms with Crippen LogP contribution in [0.4, 0.5) is 13.2 Å². The lowest BCUT2D eigenvalue weighted by Crippen LogP contribution is -2.28. The van der Waals surface area contributed by atoms with E-state index in [0.717, 1.165) is 6.07 Å². The molecular formula is C21H22F3N5O4S. The Bertz CT molecular complexity index is 1480. The maximum Gasteiger partial charge on any atom is 0.431 e. The van der Waals surface area contributed by atoms with E-state index in [2.05, 4.69) is 9.97 Å². The number of nitrogens with zero attached hydrogens (tertiary/aromatic N) is 5. The summed E-state index contributed by atoms with van der Waals surface area (Å²) in [6, 6.07) is 3.86. The summed E-state index contributed by atoms with van der Waals surface area (Å²) in [6.07, 6.45) is -3.60. The number of fused-ring (bicyclic) bond motifs is 1. The Kier molecular flexibility index (Phi) is 6.25. The number of aromatic nitrogens is 4. The molecule has 0 unspecified atom stereocenters. The number of rotatable bonds is 6. The van der Waals surface area contributed by atoms with Crippen molar-refractivity contribution < 1.29 is 26.3 Å². The van der Waals surface area contributed by atoms with Gasteiger partial charge in [-0.25, -0.2) is 18.4 Å². The summed E-state index contributed by atoms with van der Waals surface area (Å²) in [7, 11) is -2.52. The van der Waals surface area contributed by atoms with Crippen LogP contribution >= 0.6 is 0 Å². The first kappa shape index (κ1) is 25.2. The fourth-order valence-corrected chi connectivity index (χ4v) is 4.48. The average molecular weight is 497 g/mol. The van der Waals surface area contributed by atoms with Gasteiger partial charge < -0.3 is 13.9 Å². The van der Waals surface area contributed by atoms with E-state index in [9.17, 15) is 31.6 Å². The molecule has 0 aliphatic heterocycles. The monoisotopic (exact) mass is 497 g/mol. The Labute approximate surface area is 193 Å². The van der Waals surface area contributed by atoms with Gasteiger partial charge in [-0.2, -0.15) is 18.4 Å². The first-order valence-electron chi connectivity index (χ1n) is 10.2. The zero-order valence-corrected chi connectivity index (χ0v) is 19.9. The van der Waals surface area contributed by atoms with Crippen LogP contribution in [0.25, 0.3) is 22.6 Å². The van der Waals surface area contributed by atoms with E-state index in [1.807, 2.05) is 6.07 Å². The van der Waals surface area contributed by atoms with Crippen LogP contribution in [0.2, 0.25) is 0 Å². The van der Waals surface area contributed by atoms with Crippen molar-refractivity contribution in [3.8, 4) is 23.3 Å². The molecule has 0 fully saturated rings. The predicted octanol–water partition coefficient (Wildman–Crippen LogP) is 3.31. The molecule has 0 atom stereocenters. The third-order valence-corrected chi connectivity index (χ3v) is 6.88. The number of aryl methyl sites for hydroxylation is 1. The quantitative estimate of drug-likeness (QED) is 0.512. The molecule has 3 rings (SSSR count). The molecule has 0 aliphatic carbocycles. The van der Waals surface area contributed by atoms with Crippen LogP contribution in [0, 0.1) is 11.3 Å². The summed E-state index contributed by atoms with van der Waals surface area (Å²) in [6.45, 7) is 5.57. The molecule has 0 amide bonds. The normalized spacial score (nSPS) is 12.7. The van der Waals surface area contributed by atoms with Crippen LogP contribution in [0.3, 0.4) is 0 Å². The van der Waals surface area contributed by atoms with Gasteiger partial charge in [-0.3, -0.25) is 4.79 Å². The van der Waals surface area contributed by atoms with Crippen molar-refractivity contribution in [1.82, 2.24) is 19.1 Å². The van der Waals surface area contributed by atoms with Gasteiger partial charge in [-0.05, 0) is 26.8 Å². The fourth-order valence-electron chi connectivity index (χ4n) is 3.44. The highest BCUT2D eigenvalue weighted by Crippen LogP contribution is 2.34. The second-order valence-electron chi connectivity index (χ2n) is 7.95. The standard InChI is InChI=1S/C21H22F3N5O4S/c1-6-29-15(21(22,23)24)9-13-17(19(29)30)28(5)18(27-13)16-14(34(31,32)7-2)8-12(10-26-16)33-20(3,4)11-25/h8-10H,6-7H2,1-5H3. The zero-order chi connectivity index (χ0) is 25.6. The van der Waals surface area contributed by atoms with Crippen molar-refractivity contribution in [3.05, 3.63) is 34.4 Å². The van der Waals surface area contributed by atoms with Gasteiger partial charge in [0.25, 0.3) is 5.56 Å². The van der Waals surface area contributed by atoms with Crippen LogP contribution < -0.4 is 10.3 Å². The van der Waals surface area contributed by atoms with Crippen molar-refractivity contribution in [2.75, 3.05) is 5.75 Å². The molecule has 3 heterocycles. The first-order valence-corrected chi connectivity index (χ1v) is 11.8. The minimum Gasteiger partial charge on any atom is -0.471 e. The van der Waals surface area contributed by atoms with Crippen molar-refractivity contribution in [2.45, 2.75) is 50.9 Å². The second-order valence-corrected chi connectivity index (χ2v) is 10.2. The smallest absolute Gasteiger partial charge is 0.431 e. The number of hydrogen-bond acceptors (Lipinski definition) is 7. The topological polar surface area (TPSA) is 120 Å². The molecule has 0 spiro atoms. The Morgan fingerprint density at radius 3 is 2.38 bits per heavy atom. The summed E-state index contributed by atoms with van der Waals surface area (Å²) < 4.78 is 73.6. The van der Waals surface area contributed by atoms with Crippen LogP contribution in [-0.4, -0.2) is 38.9 Å². The highest BCUT2D eigenvalue weighted by atomic mass is 32.2. The van der Waals surface area contributed by atoms with Gasteiger partial charge >= 0.3 is 6.18 Å². The number of nitriles is 1. The lowest BCUT2D eigenvalue weighted by molar-refractivity contribution is -0.144. The SMILES string of the molecule is CCn1c(C(F)(F)F)cc2nc(-c3ncc(OC(C)(C)C#N)cc3S(=O)(=O)CC)n(C)c2c1=O. The third kappa shape index (κ3) is 4.37. The van der Waals surface area contributed by atoms with Crippen LogP contribution in [0.15, 0.2) is 28.0 Å². The summed E-state index contributed by atoms with van der Waals surface area (Å²) >= 11 is 0. The first-order chi connectivity index (χ1) is 15.7. The number of hydrogen-bond donors (Lipinski definition) is 0. The van der Waals surface area contributed by atoms with E-state index in [1.54, 1.807) is 0 Å². The van der Waals surface area contributed by atoms with Gasteiger partial charge in [0.2, 0.25) is 0 Å². The number of sulfone groups is 1. The lowest BCUT2D eigenvalue weighted by atomic mass is 10.2. The summed E-state index contributed by atoms with van der Waals surface area (Å²) in [4.78, 5) is 20.9. The van der Waals surface area contributed by atoms with Gasteiger partial charge in [0.15, 0.2) is 21.3 Å². The molecular weight excluding hydrogens is 475 g/mol. The van der Waals surface area contributed by atoms with Crippen LogP contribution in [0.5, 0.6) is 5.75 Å². The Morgan fingerprint density at radius 2 is 1.85 bits per heavy atom. The molecule has 13 heteroatoms. The maximum absolute atomic E-state index is 13.5. The zero-order valence-electron chi connectivity index (χ0n) is 19.1. The van der Waals surface area contributed by atoms with E-state index in [4.69, 9.17) is 4.74 Å². The average Bonchev–Trinajstić information content (AvgIpc) is 3.09. The lowest BCUT2D eigenvalue weighted by Gasteiger charge is -2.19. The van der Waals surface area contributed by atoms with Crippen molar-refractivity contribution in [2.24, 2.45) is 7.05 Å². The van der Waals surface area contributed by atoms with Gasteiger partial charge in [-0.1, -0.05) is 6.92 Å². The van der Waals surface area contributed by atoms with E-state index >= 15 is 0 Å². The Morgan fingerprint density at radius 1 is 1.21 bits per heavy atom. The molecule has 182 valence electrons. The van der Waals surface area contributed by atoms with Gasteiger partial charge in [0.05, 0.1) is 17.5 Å². The van der Waals surface area contributed by atoms with E-state index < -0.39 is 32.9 Å². The molecule has 0 aromatic carbocycles. The number of imidazole rings is 1. The Hall–Kier alpha value is -3.40. The van der Waals surface area contributed by atoms with Gasteiger partial charge in [-0.15, -0.1) is 0 Å². The molecule has 3 aromatic heterocycles. The molecule has 0 saturated heterocycles. The third-order valence-electron chi connectivity index (χ3n) is 5.14. The summed E-state index contributed by atoms with van der Waals surface area (Å²) in [5, 5.41) is 9.19. The number of halogens is 3. The molecule has 0 aliphatic rings. The maximum atomic E-state index is 13.5. The largest absolute Gasteiger partial charge is 0.471 e. The predicted molar refractivity (Wildman–Crippen MR) is 117 cm³/mol. The molecule has 34 heavy (non-hydrogen) atoms. The molecule has 0 saturated carbocycles.